The van der Waals surface area contributed by atoms with Crippen LogP contribution >= 0.6 is 0 Å². The van der Waals surface area contributed by atoms with Crippen LogP contribution in [0, 0.1) is 0 Å². The molecule has 0 aliphatic rings. The molecule has 1 unspecified atom stereocenters. The Morgan fingerprint density at radius 1 is 0.895 bits per heavy atom. The minimum Gasteiger partial charge on any atom is -0.393 e. The van der Waals surface area contributed by atoms with E-state index in [2.05, 4.69) is 12.2 Å². The highest BCUT2D eigenvalue weighted by atomic mass is 16.3. The smallest absolute Gasteiger partial charge is 0.207 e. The number of carbonyl (C=O) groups excluding carboxylic acids is 1. The van der Waals surface area contributed by atoms with Gasteiger partial charge >= 0.3 is 0 Å². The van der Waals surface area contributed by atoms with Crippen molar-refractivity contribution in [1.29, 1.82) is 0 Å². The molecular formula is C16H33NO2. The molecule has 0 saturated heterocycles. The zero-order chi connectivity index (χ0) is 14.2. The van der Waals surface area contributed by atoms with Gasteiger partial charge in [-0.3, -0.25) is 4.79 Å². The maximum Gasteiger partial charge on any atom is 0.207 e. The van der Waals surface area contributed by atoms with E-state index < -0.39 is 0 Å². The Labute approximate surface area is 119 Å². The van der Waals surface area contributed by atoms with Gasteiger partial charge < -0.3 is 10.4 Å². The first-order chi connectivity index (χ1) is 9.31. The number of unbranched alkanes of at least 4 members (excludes halogenated alkanes) is 9. The molecule has 3 heteroatoms. The van der Waals surface area contributed by atoms with Gasteiger partial charge in [-0.05, 0) is 12.8 Å². The molecular weight excluding hydrogens is 238 g/mol. The first kappa shape index (κ1) is 18.4. The predicted molar refractivity (Wildman–Crippen MR) is 81.2 cm³/mol. The van der Waals surface area contributed by atoms with Crippen molar-refractivity contribution in [2.75, 3.05) is 6.54 Å². The van der Waals surface area contributed by atoms with Gasteiger partial charge in [-0.2, -0.15) is 0 Å². The Hall–Kier alpha value is -0.570. The van der Waals surface area contributed by atoms with E-state index in [-0.39, 0.29) is 6.10 Å². The van der Waals surface area contributed by atoms with Crippen molar-refractivity contribution in [2.24, 2.45) is 0 Å². The van der Waals surface area contributed by atoms with Crippen LogP contribution < -0.4 is 5.32 Å². The molecule has 0 aliphatic carbocycles. The number of hydrogen-bond donors (Lipinski definition) is 2. The highest BCUT2D eigenvalue weighted by Crippen LogP contribution is 2.12. The molecule has 0 bridgehead atoms. The Bertz CT molecular complexity index is 186. The summed E-state index contributed by atoms with van der Waals surface area (Å²) in [6.45, 7) is 2.84. The fraction of sp³-hybridized carbons (Fsp3) is 0.938. The standard InChI is InChI=1S/C16H33NO2/c1-2-3-4-5-6-7-8-9-10-11-12-16(19)13-14-17-15-18/h15-16,19H,2-14H2,1H3,(H,17,18). The van der Waals surface area contributed by atoms with Crippen LogP contribution in [0.1, 0.15) is 84.0 Å². The molecule has 0 rings (SSSR count). The molecule has 0 aliphatic heterocycles. The number of aliphatic hydroxyl groups excluding tert-OH is 1. The zero-order valence-electron chi connectivity index (χ0n) is 12.7. The van der Waals surface area contributed by atoms with E-state index >= 15 is 0 Å². The van der Waals surface area contributed by atoms with Crippen molar-refractivity contribution in [3.8, 4) is 0 Å². The maximum atomic E-state index is 10.0. The van der Waals surface area contributed by atoms with Crippen LogP contribution in [0.15, 0.2) is 0 Å². The minimum atomic E-state index is -0.249. The topological polar surface area (TPSA) is 49.3 Å². The molecule has 19 heavy (non-hydrogen) atoms. The van der Waals surface area contributed by atoms with Gasteiger partial charge in [0.2, 0.25) is 6.41 Å². The number of aliphatic hydroxyl groups is 1. The second-order valence-electron chi connectivity index (χ2n) is 5.49. The summed E-state index contributed by atoms with van der Waals surface area (Å²) in [7, 11) is 0. The summed E-state index contributed by atoms with van der Waals surface area (Å²) in [5.41, 5.74) is 0. The third-order valence-electron chi connectivity index (χ3n) is 3.60. The fourth-order valence-electron chi connectivity index (χ4n) is 2.32. The van der Waals surface area contributed by atoms with Crippen molar-refractivity contribution in [1.82, 2.24) is 5.32 Å². The van der Waals surface area contributed by atoms with Crippen molar-refractivity contribution in [2.45, 2.75) is 90.1 Å². The SMILES string of the molecule is CCCCCCCCCCCCC(O)CCNC=O. The Balaban J connectivity index is 3.07. The highest BCUT2D eigenvalue weighted by Gasteiger charge is 2.02. The molecule has 0 fully saturated rings. The van der Waals surface area contributed by atoms with Gasteiger partial charge in [0.15, 0.2) is 0 Å². The second kappa shape index (κ2) is 15.5. The number of hydrogen-bond acceptors (Lipinski definition) is 2. The third-order valence-corrected chi connectivity index (χ3v) is 3.60. The summed E-state index contributed by atoms with van der Waals surface area (Å²) in [4.78, 5) is 10.0. The lowest BCUT2D eigenvalue weighted by Gasteiger charge is -2.09. The Morgan fingerprint density at radius 2 is 1.42 bits per heavy atom. The zero-order valence-corrected chi connectivity index (χ0v) is 12.7. The Morgan fingerprint density at radius 3 is 1.95 bits per heavy atom. The normalized spacial score (nSPS) is 12.3. The minimum absolute atomic E-state index is 0.249. The van der Waals surface area contributed by atoms with E-state index in [1.54, 1.807) is 0 Å². The average Bonchev–Trinajstić information content (AvgIpc) is 2.41. The van der Waals surface area contributed by atoms with Gasteiger partial charge in [0.05, 0.1) is 6.10 Å². The first-order valence-electron chi connectivity index (χ1n) is 8.16. The van der Waals surface area contributed by atoms with Gasteiger partial charge in [-0.15, -0.1) is 0 Å². The summed E-state index contributed by atoms with van der Waals surface area (Å²) >= 11 is 0. The van der Waals surface area contributed by atoms with Crippen LogP contribution in [-0.4, -0.2) is 24.2 Å². The summed E-state index contributed by atoms with van der Waals surface area (Å²) in [6.07, 6.45) is 15.2. The molecule has 0 heterocycles. The second-order valence-corrected chi connectivity index (χ2v) is 5.49. The molecule has 3 nitrogen and oxygen atoms in total. The van der Waals surface area contributed by atoms with E-state index in [1.165, 1.54) is 57.8 Å². The first-order valence-corrected chi connectivity index (χ1v) is 8.16. The molecule has 0 aromatic heterocycles. The highest BCUT2D eigenvalue weighted by molar-refractivity contribution is 5.45. The lowest BCUT2D eigenvalue weighted by atomic mass is 10.0. The van der Waals surface area contributed by atoms with Gasteiger partial charge in [-0.25, -0.2) is 0 Å². The number of carbonyl (C=O) groups is 1. The van der Waals surface area contributed by atoms with Crippen LogP contribution in [0.3, 0.4) is 0 Å². The van der Waals surface area contributed by atoms with Gasteiger partial charge in [0.1, 0.15) is 0 Å². The molecule has 0 aromatic carbocycles. The summed E-state index contributed by atoms with van der Waals surface area (Å²) in [5.74, 6) is 0. The quantitative estimate of drug-likeness (QED) is 0.351. The molecule has 0 radical (unpaired) electrons. The molecule has 2 N–H and O–H groups in total. The van der Waals surface area contributed by atoms with Gasteiger partial charge in [0.25, 0.3) is 0 Å². The monoisotopic (exact) mass is 271 g/mol. The largest absolute Gasteiger partial charge is 0.393 e. The molecule has 0 spiro atoms. The molecule has 1 amide bonds. The Kier molecular flexibility index (Phi) is 15.0. The van der Waals surface area contributed by atoms with Crippen molar-refractivity contribution in [3.63, 3.8) is 0 Å². The lowest BCUT2D eigenvalue weighted by molar-refractivity contribution is -0.109. The number of amides is 1. The van der Waals surface area contributed by atoms with Crippen molar-refractivity contribution in [3.05, 3.63) is 0 Å². The van der Waals surface area contributed by atoms with Crippen LogP contribution in [0.25, 0.3) is 0 Å². The van der Waals surface area contributed by atoms with Crippen LogP contribution in [0.4, 0.5) is 0 Å². The molecule has 114 valence electrons. The number of rotatable bonds is 15. The summed E-state index contributed by atoms with van der Waals surface area (Å²) in [5, 5.41) is 12.2. The summed E-state index contributed by atoms with van der Waals surface area (Å²) in [6, 6.07) is 0. The number of nitrogens with one attached hydrogen (secondary N) is 1. The van der Waals surface area contributed by atoms with Crippen LogP contribution in [0.5, 0.6) is 0 Å². The van der Waals surface area contributed by atoms with E-state index in [1.807, 2.05) is 0 Å². The lowest BCUT2D eigenvalue weighted by Crippen LogP contribution is -2.18. The van der Waals surface area contributed by atoms with Crippen LogP contribution in [0.2, 0.25) is 0 Å². The van der Waals surface area contributed by atoms with Crippen molar-refractivity contribution >= 4 is 6.41 Å². The fourth-order valence-corrected chi connectivity index (χ4v) is 2.32. The molecule has 1 atom stereocenters. The molecule has 0 saturated carbocycles. The van der Waals surface area contributed by atoms with Crippen molar-refractivity contribution < 1.29 is 9.90 Å². The van der Waals surface area contributed by atoms with Gasteiger partial charge in [-0.1, -0.05) is 71.1 Å². The third kappa shape index (κ3) is 15.4. The summed E-state index contributed by atoms with van der Waals surface area (Å²) < 4.78 is 0. The van der Waals surface area contributed by atoms with E-state index in [4.69, 9.17) is 0 Å². The average molecular weight is 271 g/mol. The molecule has 0 aromatic rings. The predicted octanol–water partition coefficient (Wildman–Crippen LogP) is 3.79. The van der Waals surface area contributed by atoms with E-state index in [0.29, 0.717) is 19.4 Å². The van der Waals surface area contributed by atoms with Gasteiger partial charge in [0, 0.05) is 6.54 Å². The van der Waals surface area contributed by atoms with Crippen LogP contribution in [-0.2, 0) is 4.79 Å². The van der Waals surface area contributed by atoms with E-state index in [9.17, 15) is 9.90 Å². The van der Waals surface area contributed by atoms with E-state index in [0.717, 1.165) is 12.8 Å². The maximum absolute atomic E-state index is 10.0.